The zero-order chi connectivity index (χ0) is 19.4. The second-order valence-electron chi connectivity index (χ2n) is 7.35. The maximum Gasteiger partial charge on any atom is 0.251 e. The van der Waals surface area contributed by atoms with E-state index >= 15 is 0 Å². The Bertz CT molecular complexity index is 738. The van der Waals surface area contributed by atoms with Crippen molar-refractivity contribution in [3.05, 3.63) is 29.3 Å². The van der Waals surface area contributed by atoms with E-state index in [0.717, 1.165) is 25.7 Å². The third-order valence-corrected chi connectivity index (χ3v) is 6.73. The van der Waals surface area contributed by atoms with E-state index in [9.17, 15) is 18.3 Å². The van der Waals surface area contributed by atoms with Gasteiger partial charge in [0.05, 0.1) is 10.5 Å². The molecule has 0 radical (unpaired) electrons. The van der Waals surface area contributed by atoms with Gasteiger partial charge in [0, 0.05) is 18.7 Å². The first-order chi connectivity index (χ1) is 12.2. The van der Waals surface area contributed by atoms with Crippen LogP contribution in [0, 0.1) is 12.8 Å². The lowest BCUT2D eigenvalue weighted by Crippen LogP contribution is -2.46. The largest absolute Gasteiger partial charge is 0.388 e. The third kappa shape index (κ3) is 5.05. The molecule has 1 fully saturated rings. The molecule has 0 unspecified atom stereocenters. The quantitative estimate of drug-likeness (QED) is 0.674. The maximum atomic E-state index is 12.6. The number of nitrogens with one attached hydrogen (secondary N) is 2. The highest BCUT2D eigenvalue weighted by atomic mass is 32.2. The van der Waals surface area contributed by atoms with Crippen LogP contribution < -0.4 is 10.0 Å². The molecule has 0 aromatic heterocycles. The summed E-state index contributed by atoms with van der Waals surface area (Å²) in [5, 5.41) is 13.5. The molecule has 0 bridgehead atoms. The van der Waals surface area contributed by atoms with Crippen LogP contribution in [-0.2, 0) is 10.0 Å². The Morgan fingerprint density at radius 2 is 1.92 bits per heavy atom. The molecule has 0 aliphatic heterocycles. The fraction of sp³-hybridized carbons (Fsp3) is 0.632. The number of aliphatic hydroxyl groups is 1. The van der Waals surface area contributed by atoms with Gasteiger partial charge in [-0.3, -0.25) is 4.79 Å². The zero-order valence-corrected chi connectivity index (χ0v) is 16.7. The maximum absolute atomic E-state index is 12.6. The Hall–Kier alpha value is -1.44. The highest BCUT2D eigenvalue weighted by molar-refractivity contribution is 7.89. The number of aryl methyl sites for hydroxylation is 1. The molecule has 6 nitrogen and oxygen atoms in total. The lowest BCUT2D eigenvalue weighted by molar-refractivity contribution is -0.0143. The molecule has 1 aliphatic carbocycles. The summed E-state index contributed by atoms with van der Waals surface area (Å²) in [5.74, 6) is -0.190. The van der Waals surface area contributed by atoms with Crippen LogP contribution in [0.4, 0.5) is 0 Å². The highest BCUT2D eigenvalue weighted by Gasteiger charge is 2.33. The second kappa shape index (κ2) is 8.50. The van der Waals surface area contributed by atoms with E-state index in [1.807, 2.05) is 0 Å². The summed E-state index contributed by atoms with van der Waals surface area (Å²) < 4.78 is 26.7. The SMILES string of the molecule is CCNS(=O)(=O)c1ccc(C)c(C(=O)NC[C@@](C)(O)C2CCCCC2)c1. The van der Waals surface area contributed by atoms with Gasteiger partial charge >= 0.3 is 0 Å². The average Bonchev–Trinajstić information content (AvgIpc) is 2.60. The Morgan fingerprint density at radius 1 is 1.27 bits per heavy atom. The Kier molecular flexibility index (Phi) is 6.82. The summed E-state index contributed by atoms with van der Waals surface area (Å²) in [6.45, 7) is 5.66. The molecule has 1 atom stereocenters. The lowest BCUT2D eigenvalue weighted by Gasteiger charge is -2.35. The van der Waals surface area contributed by atoms with Gasteiger partial charge in [-0.1, -0.05) is 32.3 Å². The predicted molar refractivity (Wildman–Crippen MR) is 102 cm³/mol. The monoisotopic (exact) mass is 382 g/mol. The minimum atomic E-state index is -3.62. The van der Waals surface area contributed by atoms with Crippen LogP contribution in [-0.4, -0.2) is 38.1 Å². The lowest BCUT2D eigenvalue weighted by atomic mass is 9.78. The molecule has 26 heavy (non-hydrogen) atoms. The van der Waals surface area contributed by atoms with Gasteiger partial charge in [-0.15, -0.1) is 0 Å². The summed E-state index contributed by atoms with van der Waals surface area (Å²) in [4.78, 5) is 12.7. The van der Waals surface area contributed by atoms with Gasteiger partial charge in [0.25, 0.3) is 5.91 Å². The fourth-order valence-electron chi connectivity index (χ4n) is 3.51. The van der Waals surface area contributed by atoms with E-state index in [4.69, 9.17) is 0 Å². The number of hydrogen-bond acceptors (Lipinski definition) is 4. The van der Waals surface area contributed by atoms with Crippen molar-refractivity contribution in [3.8, 4) is 0 Å². The van der Waals surface area contributed by atoms with E-state index in [1.165, 1.54) is 18.6 Å². The van der Waals surface area contributed by atoms with Crippen LogP contribution in [0.25, 0.3) is 0 Å². The number of carbonyl (C=O) groups excluding carboxylic acids is 1. The molecular formula is C19H30N2O4S. The van der Waals surface area contributed by atoms with Crippen LogP contribution in [0.2, 0.25) is 0 Å². The number of sulfonamides is 1. The molecule has 1 aromatic rings. The summed E-state index contributed by atoms with van der Waals surface area (Å²) >= 11 is 0. The van der Waals surface area contributed by atoms with Crippen LogP contribution in [0.5, 0.6) is 0 Å². The van der Waals surface area contributed by atoms with Crippen molar-refractivity contribution in [2.75, 3.05) is 13.1 Å². The van der Waals surface area contributed by atoms with Crippen LogP contribution in [0.3, 0.4) is 0 Å². The molecule has 0 heterocycles. The molecule has 0 saturated heterocycles. The fourth-order valence-corrected chi connectivity index (χ4v) is 4.58. The van der Waals surface area contributed by atoms with Crippen LogP contribution in [0.1, 0.15) is 61.9 Å². The molecule has 2 rings (SSSR count). The van der Waals surface area contributed by atoms with E-state index in [1.54, 1.807) is 26.8 Å². The molecule has 3 N–H and O–H groups in total. The topological polar surface area (TPSA) is 95.5 Å². The van der Waals surface area contributed by atoms with Crippen molar-refractivity contribution in [1.82, 2.24) is 10.0 Å². The smallest absolute Gasteiger partial charge is 0.251 e. The number of hydrogen-bond donors (Lipinski definition) is 3. The molecule has 7 heteroatoms. The first-order valence-electron chi connectivity index (χ1n) is 9.28. The highest BCUT2D eigenvalue weighted by Crippen LogP contribution is 2.32. The van der Waals surface area contributed by atoms with Gasteiger partial charge in [0.15, 0.2) is 0 Å². The van der Waals surface area contributed by atoms with Gasteiger partial charge in [-0.25, -0.2) is 13.1 Å². The average molecular weight is 383 g/mol. The van der Waals surface area contributed by atoms with E-state index < -0.39 is 15.6 Å². The molecule has 146 valence electrons. The Balaban J connectivity index is 2.11. The summed E-state index contributed by atoms with van der Waals surface area (Å²) in [6.07, 6.45) is 5.36. The van der Waals surface area contributed by atoms with E-state index in [-0.39, 0.29) is 29.8 Å². The van der Waals surface area contributed by atoms with E-state index in [0.29, 0.717) is 11.1 Å². The van der Waals surface area contributed by atoms with Crippen molar-refractivity contribution in [2.24, 2.45) is 5.92 Å². The van der Waals surface area contributed by atoms with Gasteiger partial charge in [-0.2, -0.15) is 0 Å². The van der Waals surface area contributed by atoms with Gasteiger partial charge < -0.3 is 10.4 Å². The molecule has 0 spiro atoms. The molecule has 1 saturated carbocycles. The van der Waals surface area contributed by atoms with Crippen molar-refractivity contribution in [1.29, 1.82) is 0 Å². The molecular weight excluding hydrogens is 352 g/mol. The van der Waals surface area contributed by atoms with Gasteiger partial charge in [0.1, 0.15) is 0 Å². The molecule has 1 amide bonds. The van der Waals surface area contributed by atoms with Crippen molar-refractivity contribution < 1.29 is 18.3 Å². The number of carbonyl (C=O) groups is 1. The van der Waals surface area contributed by atoms with Crippen molar-refractivity contribution in [2.45, 2.75) is 63.4 Å². The van der Waals surface area contributed by atoms with Crippen LogP contribution >= 0.6 is 0 Å². The van der Waals surface area contributed by atoms with Gasteiger partial charge in [-0.05, 0) is 50.3 Å². The normalized spacial score (nSPS) is 18.3. The Morgan fingerprint density at radius 3 is 2.54 bits per heavy atom. The first kappa shape index (κ1) is 20.9. The minimum Gasteiger partial charge on any atom is -0.388 e. The molecule has 1 aromatic carbocycles. The Labute approximate surface area is 156 Å². The summed E-state index contributed by atoms with van der Waals surface area (Å²) in [5.41, 5.74) is 0.0379. The van der Waals surface area contributed by atoms with Crippen LogP contribution in [0.15, 0.2) is 23.1 Å². The first-order valence-corrected chi connectivity index (χ1v) is 10.8. The predicted octanol–water partition coefficient (Wildman–Crippen LogP) is 2.35. The molecule has 1 aliphatic rings. The zero-order valence-electron chi connectivity index (χ0n) is 15.8. The van der Waals surface area contributed by atoms with E-state index in [2.05, 4.69) is 10.0 Å². The third-order valence-electron chi connectivity index (χ3n) is 5.19. The number of amides is 1. The standard InChI is InChI=1S/C19H30N2O4S/c1-4-21-26(24,25)16-11-10-14(2)17(12-16)18(22)20-13-19(3,23)15-8-6-5-7-9-15/h10-12,15,21,23H,4-9,13H2,1-3H3,(H,20,22)/t19-/m1/s1. The van der Waals surface area contributed by atoms with Gasteiger partial charge in [0.2, 0.25) is 10.0 Å². The number of rotatable bonds is 7. The number of benzene rings is 1. The van der Waals surface area contributed by atoms with Crippen molar-refractivity contribution in [3.63, 3.8) is 0 Å². The minimum absolute atomic E-state index is 0.0640. The second-order valence-corrected chi connectivity index (χ2v) is 9.12. The van der Waals surface area contributed by atoms with Crippen molar-refractivity contribution >= 4 is 15.9 Å². The summed E-state index contributed by atoms with van der Waals surface area (Å²) in [7, 11) is -3.62. The summed E-state index contributed by atoms with van der Waals surface area (Å²) in [6, 6.07) is 4.50.